The summed E-state index contributed by atoms with van der Waals surface area (Å²) >= 11 is 1.46. The lowest BCUT2D eigenvalue weighted by Gasteiger charge is -2.21. The second-order valence-electron chi connectivity index (χ2n) is 7.78. The van der Waals surface area contributed by atoms with Gasteiger partial charge >= 0.3 is 6.03 Å². The van der Waals surface area contributed by atoms with Crippen LogP contribution in [0.4, 0.5) is 10.5 Å². The molecular weight excluding hydrogens is 434 g/mol. The number of aryl methyl sites for hydroxylation is 2. The average molecular weight is 462 g/mol. The van der Waals surface area contributed by atoms with Crippen molar-refractivity contribution < 1.29 is 9.53 Å². The van der Waals surface area contributed by atoms with E-state index in [1.807, 2.05) is 42.6 Å². The maximum atomic E-state index is 13.1. The first-order chi connectivity index (χ1) is 16.0. The molecule has 0 fully saturated rings. The molecule has 2 N–H and O–H groups in total. The van der Waals surface area contributed by atoms with Gasteiger partial charge in [-0.25, -0.2) is 9.78 Å². The topological polar surface area (TPSA) is 83.1 Å². The van der Waals surface area contributed by atoms with E-state index in [9.17, 15) is 4.79 Å². The number of aromatic nitrogens is 3. The Bertz CT molecular complexity index is 1190. The van der Waals surface area contributed by atoms with Gasteiger partial charge in [0.25, 0.3) is 0 Å². The quantitative estimate of drug-likeness (QED) is 0.338. The molecule has 0 aliphatic rings. The minimum atomic E-state index is -0.183. The van der Waals surface area contributed by atoms with E-state index in [0.717, 1.165) is 28.2 Å². The molecule has 33 heavy (non-hydrogen) atoms. The molecule has 0 saturated heterocycles. The molecule has 0 spiro atoms. The van der Waals surface area contributed by atoms with Crippen LogP contribution in [0.3, 0.4) is 0 Å². The van der Waals surface area contributed by atoms with E-state index in [2.05, 4.69) is 41.3 Å². The van der Waals surface area contributed by atoms with Crippen molar-refractivity contribution in [2.45, 2.75) is 26.0 Å². The number of H-pyrrole nitrogens is 1. The molecule has 0 bridgehead atoms. The number of benzene rings is 2. The Morgan fingerprint density at radius 1 is 1.15 bits per heavy atom. The second kappa shape index (κ2) is 10.4. The van der Waals surface area contributed by atoms with E-state index in [-0.39, 0.29) is 6.03 Å². The number of imidazole rings is 1. The molecule has 7 nitrogen and oxygen atoms in total. The maximum absolute atomic E-state index is 13.1. The van der Waals surface area contributed by atoms with Gasteiger partial charge < -0.3 is 15.0 Å². The number of nitrogens with one attached hydrogen (secondary N) is 2. The van der Waals surface area contributed by atoms with Crippen LogP contribution in [0.5, 0.6) is 5.75 Å². The maximum Gasteiger partial charge on any atom is 0.331 e. The van der Waals surface area contributed by atoms with Crippen LogP contribution >= 0.6 is 11.9 Å². The van der Waals surface area contributed by atoms with Gasteiger partial charge in [0, 0.05) is 36.8 Å². The Balaban J connectivity index is 1.46. The van der Waals surface area contributed by atoms with Gasteiger partial charge in [-0.1, -0.05) is 6.07 Å². The number of rotatable bonds is 8. The first kappa shape index (κ1) is 22.7. The van der Waals surface area contributed by atoms with Gasteiger partial charge in [0.15, 0.2) is 0 Å². The predicted molar refractivity (Wildman–Crippen MR) is 134 cm³/mol. The Morgan fingerprint density at radius 2 is 1.94 bits per heavy atom. The number of hydrogen-bond acceptors (Lipinski definition) is 5. The number of aromatic amines is 1. The number of pyridine rings is 1. The van der Waals surface area contributed by atoms with E-state index >= 15 is 0 Å². The molecule has 170 valence electrons. The standard InChI is InChI=1S/C25H27N5O2S/c1-17-13-22-23(14-18(17)2)29-24(28-22)10-12-30(33-16-19-5-4-11-26-15-19)25(31)27-20-6-8-21(32-3)9-7-20/h4-9,11,13-15H,10,12,16H2,1-3H3,(H,27,31)(H,28,29). The molecule has 4 aromatic rings. The summed E-state index contributed by atoms with van der Waals surface area (Å²) in [6, 6.07) is 15.2. The van der Waals surface area contributed by atoms with Crippen molar-refractivity contribution in [1.82, 2.24) is 19.3 Å². The number of methoxy groups -OCH3 is 1. The second-order valence-corrected chi connectivity index (χ2v) is 8.77. The first-order valence-corrected chi connectivity index (χ1v) is 11.7. The molecule has 2 aromatic heterocycles. The van der Waals surface area contributed by atoms with Crippen molar-refractivity contribution in [2.75, 3.05) is 19.0 Å². The smallest absolute Gasteiger partial charge is 0.331 e. The fourth-order valence-corrected chi connectivity index (χ4v) is 4.23. The summed E-state index contributed by atoms with van der Waals surface area (Å²) in [5, 5.41) is 2.97. The van der Waals surface area contributed by atoms with Crippen molar-refractivity contribution in [3.8, 4) is 5.75 Å². The predicted octanol–water partition coefficient (Wildman–Crippen LogP) is 5.51. The summed E-state index contributed by atoms with van der Waals surface area (Å²) in [5.41, 5.74) is 6.18. The third-order valence-corrected chi connectivity index (χ3v) is 6.50. The summed E-state index contributed by atoms with van der Waals surface area (Å²) in [5.74, 6) is 2.24. The van der Waals surface area contributed by atoms with E-state index in [1.54, 1.807) is 17.6 Å². The summed E-state index contributed by atoms with van der Waals surface area (Å²) < 4.78 is 6.93. The molecule has 0 saturated carbocycles. The largest absolute Gasteiger partial charge is 0.497 e. The number of anilines is 1. The van der Waals surface area contributed by atoms with Gasteiger partial charge in [0.05, 0.1) is 18.1 Å². The molecule has 0 atom stereocenters. The summed E-state index contributed by atoms with van der Waals surface area (Å²) in [6.45, 7) is 4.68. The van der Waals surface area contributed by atoms with Crippen LogP contribution in [0.15, 0.2) is 60.9 Å². The zero-order valence-corrected chi connectivity index (χ0v) is 19.8. The van der Waals surface area contributed by atoms with E-state index in [4.69, 9.17) is 9.72 Å². The van der Waals surface area contributed by atoms with Crippen LogP contribution < -0.4 is 10.1 Å². The molecule has 2 aromatic carbocycles. The molecule has 0 unspecified atom stereocenters. The lowest BCUT2D eigenvalue weighted by molar-refractivity contribution is 0.238. The van der Waals surface area contributed by atoms with Gasteiger partial charge in [-0.3, -0.25) is 9.29 Å². The number of hydrogen-bond donors (Lipinski definition) is 2. The highest BCUT2D eigenvalue weighted by Crippen LogP contribution is 2.22. The Hall–Kier alpha value is -3.52. The number of carbonyl (C=O) groups excluding carboxylic acids is 1. The first-order valence-electron chi connectivity index (χ1n) is 10.7. The number of carbonyl (C=O) groups is 1. The van der Waals surface area contributed by atoms with Gasteiger partial charge in [-0.05, 0) is 85.0 Å². The van der Waals surface area contributed by atoms with Crippen molar-refractivity contribution in [1.29, 1.82) is 0 Å². The minimum Gasteiger partial charge on any atom is -0.497 e. The van der Waals surface area contributed by atoms with Gasteiger partial charge in [0.1, 0.15) is 11.6 Å². The zero-order valence-electron chi connectivity index (χ0n) is 19.0. The average Bonchev–Trinajstić information content (AvgIpc) is 3.21. The van der Waals surface area contributed by atoms with Crippen molar-refractivity contribution in [2.24, 2.45) is 0 Å². The number of urea groups is 1. The molecule has 4 rings (SSSR count). The van der Waals surface area contributed by atoms with Crippen LogP contribution in [0.1, 0.15) is 22.5 Å². The number of fused-ring (bicyclic) bond motifs is 1. The van der Waals surface area contributed by atoms with Crippen LogP contribution in [0, 0.1) is 13.8 Å². The minimum absolute atomic E-state index is 0.183. The Kier molecular flexibility index (Phi) is 7.14. The van der Waals surface area contributed by atoms with Crippen molar-refractivity contribution in [3.63, 3.8) is 0 Å². The van der Waals surface area contributed by atoms with Crippen molar-refractivity contribution in [3.05, 3.63) is 83.4 Å². The molecule has 8 heteroatoms. The van der Waals surface area contributed by atoms with Crippen LogP contribution in [0.25, 0.3) is 11.0 Å². The van der Waals surface area contributed by atoms with E-state index < -0.39 is 0 Å². The highest BCUT2D eigenvalue weighted by Gasteiger charge is 2.16. The lowest BCUT2D eigenvalue weighted by atomic mass is 10.1. The van der Waals surface area contributed by atoms with Gasteiger partial charge in [-0.15, -0.1) is 0 Å². The molecular formula is C25H27N5O2S. The van der Waals surface area contributed by atoms with E-state index in [0.29, 0.717) is 24.4 Å². The van der Waals surface area contributed by atoms with Gasteiger partial charge in [0.2, 0.25) is 0 Å². The highest BCUT2D eigenvalue weighted by molar-refractivity contribution is 7.96. The number of nitrogens with zero attached hydrogens (tertiary/aromatic N) is 3. The number of ether oxygens (including phenoxy) is 1. The summed E-state index contributed by atoms with van der Waals surface area (Å²) in [7, 11) is 1.62. The summed E-state index contributed by atoms with van der Waals surface area (Å²) in [6.07, 6.45) is 4.17. The summed E-state index contributed by atoms with van der Waals surface area (Å²) in [4.78, 5) is 25.4. The fourth-order valence-electron chi connectivity index (χ4n) is 3.37. The fraction of sp³-hybridized carbons (Fsp3) is 0.240. The molecule has 2 heterocycles. The third-order valence-electron chi connectivity index (χ3n) is 5.38. The molecule has 0 aliphatic heterocycles. The van der Waals surface area contributed by atoms with Gasteiger partial charge in [-0.2, -0.15) is 0 Å². The third kappa shape index (κ3) is 5.84. The van der Waals surface area contributed by atoms with Crippen LogP contribution in [0.2, 0.25) is 0 Å². The molecule has 0 radical (unpaired) electrons. The zero-order chi connectivity index (χ0) is 23.2. The highest BCUT2D eigenvalue weighted by atomic mass is 32.2. The normalized spacial score (nSPS) is 10.9. The Labute approximate surface area is 197 Å². The number of amides is 2. The van der Waals surface area contributed by atoms with Crippen LogP contribution in [-0.4, -0.2) is 38.9 Å². The molecule has 2 amide bonds. The molecule has 0 aliphatic carbocycles. The van der Waals surface area contributed by atoms with Crippen molar-refractivity contribution >= 4 is 34.7 Å². The Morgan fingerprint density at radius 3 is 2.67 bits per heavy atom. The monoisotopic (exact) mass is 461 g/mol. The van der Waals surface area contributed by atoms with Crippen LogP contribution in [-0.2, 0) is 12.2 Å². The SMILES string of the molecule is COc1ccc(NC(=O)N(CCc2nc3cc(C)c(C)cc3[nH]2)SCc2cccnc2)cc1. The van der Waals surface area contributed by atoms with E-state index in [1.165, 1.54) is 23.1 Å². The lowest BCUT2D eigenvalue weighted by Crippen LogP contribution is -2.31.